The molecule has 1 amide bonds. The van der Waals surface area contributed by atoms with E-state index in [4.69, 9.17) is 0 Å². The Kier molecular flexibility index (Phi) is 3.97. The molecule has 3 atom stereocenters. The molecule has 2 heterocycles. The molecule has 0 unspecified atom stereocenters. The lowest BCUT2D eigenvalue weighted by Crippen LogP contribution is -2.36. The van der Waals surface area contributed by atoms with Gasteiger partial charge in [-0.1, -0.05) is 24.3 Å². The molecule has 0 N–H and O–H groups in total. The first-order valence-corrected chi connectivity index (χ1v) is 9.64. The molecule has 126 valence electrons. The SMILES string of the molecule is CC(C)N(C)[C@H]1c2ccccc2[C@@H]2CN(C(=O)c3ccsc3)C[C@@H]21. The number of rotatable bonds is 3. The van der Waals surface area contributed by atoms with Crippen molar-refractivity contribution in [1.82, 2.24) is 9.80 Å². The van der Waals surface area contributed by atoms with Crippen LogP contribution in [-0.4, -0.2) is 41.9 Å². The highest BCUT2D eigenvalue weighted by Gasteiger charge is 2.48. The van der Waals surface area contributed by atoms with Crippen LogP contribution in [0, 0.1) is 5.92 Å². The maximum Gasteiger partial charge on any atom is 0.254 e. The van der Waals surface area contributed by atoms with Crippen LogP contribution >= 0.6 is 11.3 Å². The maximum absolute atomic E-state index is 12.8. The summed E-state index contributed by atoms with van der Waals surface area (Å²) in [4.78, 5) is 17.3. The summed E-state index contributed by atoms with van der Waals surface area (Å²) in [5.41, 5.74) is 3.74. The summed E-state index contributed by atoms with van der Waals surface area (Å²) in [5, 5.41) is 3.94. The Bertz CT molecular complexity index is 740. The van der Waals surface area contributed by atoms with Gasteiger partial charge in [0.05, 0.1) is 5.56 Å². The topological polar surface area (TPSA) is 23.6 Å². The monoisotopic (exact) mass is 340 g/mol. The summed E-state index contributed by atoms with van der Waals surface area (Å²) in [6, 6.07) is 11.7. The molecule has 24 heavy (non-hydrogen) atoms. The molecule has 0 saturated carbocycles. The molecule has 2 aromatic rings. The van der Waals surface area contributed by atoms with Gasteiger partial charge in [-0.05, 0) is 43.5 Å². The van der Waals surface area contributed by atoms with Gasteiger partial charge in [0.1, 0.15) is 0 Å². The molecule has 4 heteroatoms. The predicted octanol–water partition coefficient (Wildman–Crippen LogP) is 4.00. The standard InChI is InChI=1S/C20H24N2OS/c1-13(2)21(3)19-16-7-5-4-6-15(16)17-10-22(11-18(17)19)20(23)14-8-9-24-12-14/h4-9,12-13,17-19H,10-11H2,1-3H3/t17-,18-,19-/m0/s1. The minimum Gasteiger partial charge on any atom is -0.338 e. The molecule has 1 saturated heterocycles. The fraction of sp³-hybridized carbons (Fsp3) is 0.450. The Labute approximate surface area is 147 Å². The van der Waals surface area contributed by atoms with Crippen LogP contribution in [0.2, 0.25) is 0 Å². The Morgan fingerprint density at radius 3 is 2.62 bits per heavy atom. The number of thiophene rings is 1. The number of hydrogen-bond acceptors (Lipinski definition) is 3. The number of fused-ring (bicyclic) bond motifs is 3. The van der Waals surface area contributed by atoms with Gasteiger partial charge in [-0.3, -0.25) is 9.69 Å². The molecule has 1 aromatic heterocycles. The van der Waals surface area contributed by atoms with Crippen molar-refractivity contribution in [3.8, 4) is 0 Å². The molecule has 2 aliphatic rings. The molecule has 4 rings (SSSR count). The molecule has 1 aromatic carbocycles. The van der Waals surface area contributed by atoms with E-state index in [9.17, 15) is 4.79 Å². The van der Waals surface area contributed by atoms with Crippen LogP contribution in [0.25, 0.3) is 0 Å². The average Bonchev–Trinajstić information content (AvgIpc) is 3.29. The largest absolute Gasteiger partial charge is 0.338 e. The Morgan fingerprint density at radius 2 is 1.96 bits per heavy atom. The Balaban J connectivity index is 1.66. The Hall–Kier alpha value is -1.65. The molecule has 1 aliphatic heterocycles. The second-order valence-electron chi connectivity index (χ2n) is 7.33. The smallest absolute Gasteiger partial charge is 0.254 e. The third-order valence-corrected chi connectivity index (χ3v) is 6.48. The number of amides is 1. The van der Waals surface area contributed by atoms with Gasteiger partial charge in [-0.15, -0.1) is 0 Å². The third kappa shape index (κ3) is 2.40. The quantitative estimate of drug-likeness (QED) is 0.843. The zero-order valence-electron chi connectivity index (χ0n) is 14.5. The lowest BCUT2D eigenvalue weighted by molar-refractivity contribution is 0.0769. The molecule has 1 fully saturated rings. The van der Waals surface area contributed by atoms with E-state index in [0.717, 1.165) is 18.7 Å². The average molecular weight is 340 g/mol. The van der Waals surface area contributed by atoms with E-state index in [1.54, 1.807) is 11.3 Å². The number of likely N-dealkylation sites (tertiary alicyclic amines) is 1. The number of carbonyl (C=O) groups is 1. The van der Waals surface area contributed by atoms with Crippen LogP contribution < -0.4 is 0 Å². The van der Waals surface area contributed by atoms with Crippen LogP contribution in [0.1, 0.15) is 47.3 Å². The molecular formula is C20H24N2OS. The van der Waals surface area contributed by atoms with Crippen LogP contribution in [0.15, 0.2) is 41.1 Å². The third-order valence-electron chi connectivity index (χ3n) is 5.79. The van der Waals surface area contributed by atoms with Gasteiger partial charge < -0.3 is 4.90 Å². The van der Waals surface area contributed by atoms with Gasteiger partial charge in [0.2, 0.25) is 0 Å². The van der Waals surface area contributed by atoms with Crippen molar-refractivity contribution in [2.75, 3.05) is 20.1 Å². The highest BCUT2D eigenvalue weighted by molar-refractivity contribution is 7.08. The van der Waals surface area contributed by atoms with Gasteiger partial charge in [-0.2, -0.15) is 11.3 Å². The van der Waals surface area contributed by atoms with E-state index in [1.165, 1.54) is 11.1 Å². The van der Waals surface area contributed by atoms with E-state index in [0.29, 0.717) is 23.9 Å². The zero-order chi connectivity index (χ0) is 16.8. The molecule has 1 aliphatic carbocycles. The van der Waals surface area contributed by atoms with Crippen molar-refractivity contribution in [1.29, 1.82) is 0 Å². The minimum atomic E-state index is 0.189. The van der Waals surface area contributed by atoms with Crippen LogP contribution in [0.5, 0.6) is 0 Å². The first-order chi connectivity index (χ1) is 11.6. The van der Waals surface area contributed by atoms with Gasteiger partial charge in [0, 0.05) is 42.4 Å². The molecule has 3 nitrogen and oxygen atoms in total. The molecular weight excluding hydrogens is 316 g/mol. The second-order valence-corrected chi connectivity index (χ2v) is 8.11. The van der Waals surface area contributed by atoms with Crippen LogP contribution in [0.3, 0.4) is 0 Å². The number of hydrogen-bond donors (Lipinski definition) is 0. The summed E-state index contributed by atoms with van der Waals surface area (Å²) >= 11 is 1.59. The highest BCUT2D eigenvalue weighted by atomic mass is 32.1. The minimum absolute atomic E-state index is 0.189. The van der Waals surface area contributed by atoms with Crippen LogP contribution in [0.4, 0.5) is 0 Å². The lowest BCUT2D eigenvalue weighted by Gasteiger charge is -2.33. The number of carbonyl (C=O) groups excluding carboxylic acids is 1. The van der Waals surface area contributed by atoms with Gasteiger partial charge in [-0.25, -0.2) is 0 Å². The first-order valence-electron chi connectivity index (χ1n) is 8.70. The first kappa shape index (κ1) is 15.9. The van der Waals surface area contributed by atoms with Gasteiger partial charge in [0.25, 0.3) is 5.91 Å². The molecule has 0 bridgehead atoms. The summed E-state index contributed by atoms with van der Waals surface area (Å²) in [6.07, 6.45) is 0. The van der Waals surface area contributed by atoms with E-state index >= 15 is 0 Å². The summed E-state index contributed by atoms with van der Waals surface area (Å²) in [7, 11) is 2.22. The predicted molar refractivity (Wildman–Crippen MR) is 98.5 cm³/mol. The van der Waals surface area contributed by atoms with Crippen molar-refractivity contribution in [3.05, 3.63) is 57.8 Å². The Morgan fingerprint density at radius 1 is 1.21 bits per heavy atom. The summed E-state index contributed by atoms with van der Waals surface area (Å²) in [6.45, 7) is 6.20. The zero-order valence-corrected chi connectivity index (χ0v) is 15.3. The van der Waals surface area contributed by atoms with Crippen LogP contribution in [-0.2, 0) is 0 Å². The van der Waals surface area contributed by atoms with E-state index in [-0.39, 0.29) is 5.91 Å². The number of benzene rings is 1. The van der Waals surface area contributed by atoms with Gasteiger partial charge in [0.15, 0.2) is 0 Å². The van der Waals surface area contributed by atoms with Crippen molar-refractivity contribution < 1.29 is 4.79 Å². The van der Waals surface area contributed by atoms with Gasteiger partial charge >= 0.3 is 0 Å². The van der Waals surface area contributed by atoms with Crippen molar-refractivity contribution in [3.63, 3.8) is 0 Å². The van der Waals surface area contributed by atoms with Crippen molar-refractivity contribution in [2.45, 2.75) is 31.8 Å². The highest BCUT2D eigenvalue weighted by Crippen LogP contribution is 2.51. The van der Waals surface area contributed by atoms with E-state index < -0.39 is 0 Å². The summed E-state index contributed by atoms with van der Waals surface area (Å²) < 4.78 is 0. The fourth-order valence-electron chi connectivity index (χ4n) is 4.40. The lowest BCUT2D eigenvalue weighted by atomic mass is 9.93. The fourth-order valence-corrected chi connectivity index (χ4v) is 5.03. The van der Waals surface area contributed by atoms with Crippen molar-refractivity contribution >= 4 is 17.2 Å². The number of nitrogens with zero attached hydrogens (tertiary/aromatic N) is 2. The van der Waals surface area contributed by atoms with E-state index in [2.05, 4.69) is 55.0 Å². The summed E-state index contributed by atoms with van der Waals surface area (Å²) in [5.74, 6) is 1.15. The molecule has 0 spiro atoms. The molecule has 0 radical (unpaired) electrons. The normalized spacial score (nSPS) is 25.4. The van der Waals surface area contributed by atoms with E-state index in [1.807, 2.05) is 16.8 Å². The maximum atomic E-state index is 12.8. The second kappa shape index (κ2) is 6.01. The van der Waals surface area contributed by atoms with Crippen molar-refractivity contribution in [2.24, 2.45) is 5.92 Å².